The molecule has 100 valence electrons. The second-order valence-corrected chi connectivity index (χ2v) is 5.51. The highest BCUT2D eigenvalue weighted by Gasteiger charge is 2.23. The molecule has 0 aliphatic heterocycles. The summed E-state index contributed by atoms with van der Waals surface area (Å²) in [5.74, 6) is 0. The van der Waals surface area contributed by atoms with Crippen molar-refractivity contribution in [2.45, 2.75) is 10.3 Å². The van der Waals surface area contributed by atoms with Gasteiger partial charge in [-0.05, 0) is 24.3 Å². The summed E-state index contributed by atoms with van der Waals surface area (Å²) in [6.07, 6.45) is 2.54. The molecule has 3 N–H and O–H groups in total. The molecule has 0 spiro atoms. The Kier molecular flexibility index (Phi) is 5.11. The number of rotatable bonds is 6. The topological polar surface area (TPSA) is 131 Å². The van der Waals surface area contributed by atoms with Gasteiger partial charge >= 0.3 is 0 Å². The third-order valence-electron chi connectivity index (χ3n) is 2.16. The number of benzene rings is 1. The van der Waals surface area contributed by atoms with E-state index in [1.807, 2.05) is 0 Å². The minimum absolute atomic E-state index is 0.0262. The van der Waals surface area contributed by atoms with E-state index in [2.05, 4.69) is 15.5 Å². The van der Waals surface area contributed by atoms with E-state index in [0.717, 1.165) is 0 Å². The van der Waals surface area contributed by atoms with E-state index in [-0.39, 0.29) is 17.1 Å². The van der Waals surface area contributed by atoms with Gasteiger partial charge in [-0.2, -0.15) is 4.99 Å². The maximum Gasteiger partial charge on any atom is 0.258 e. The second kappa shape index (κ2) is 6.58. The Balaban J connectivity index is 2.92. The van der Waals surface area contributed by atoms with Crippen LogP contribution in [0.15, 0.2) is 39.3 Å². The smallest absolute Gasteiger partial charge is 0.258 e. The Labute approximate surface area is 108 Å². The minimum atomic E-state index is -3.77. The third kappa shape index (κ3) is 3.84. The number of aliphatic imine (C=N–C) groups is 1. The van der Waals surface area contributed by atoms with Crippen LogP contribution in [0.2, 0.25) is 0 Å². The summed E-state index contributed by atoms with van der Waals surface area (Å²) in [6.45, 7) is -0.230. The third-order valence-corrected chi connectivity index (χ3v) is 4.05. The first kappa shape index (κ1) is 14.7. The fourth-order valence-electron chi connectivity index (χ4n) is 1.22. The summed E-state index contributed by atoms with van der Waals surface area (Å²) in [7, 11) is -3.77. The number of hydrazone groups is 1. The van der Waals surface area contributed by atoms with Crippen molar-refractivity contribution in [1.29, 1.82) is 0 Å². The van der Waals surface area contributed by atoms with Crippen LogP contribution in [0.4, 0.5) is 5.69 Å². The van der Waals surface area contributed by atoms with Crippen LogP contribution in [0.25, 0.3) is 0 Å². The lowest BCUT2D eigenvalue weighted by molar-refractivity contribution is 0.550. The number of nitrogens with zero attached hydrogens (tertiary/aromatic N) is 2. The largest absolute Gasteiger partial charge is 0.313 e. The first-order valence-corrected chi connectivity index (χ1v) is 6.54. The van der Waals surface area contributed by atoms with Crippen LogP contribution in [0.5, 0.6) is 0 Å². The summed E-state index contributed by atoms with van der Waals surface area (Å²) >= 11 is 0. The van der Waals surface area contributed by atoms with E-state index in [1.165, 1.54) is 36.4 Å². The van der Waals surface area contributed by atoms with Crippen LogP contribution in [0, 0.1) is 0 Å². The molecule has 1 rings (SSSR count). The summed E-state index contributed by atoms with van der Waals surface area (Å²) in [5, 5.41) is 1.73. The molecule has 1 unspecified atom stereocenters. The van der Waals surface area contributed by atoms with Gasteiger partial charge in [-0.1, -0.05) is 5.10 Å². The summed E-state index contributed by atoms with van der Waals surface area (Å²) in [6, 6.07) is 5.24. The number of hydrogen-bond acceptors (Lipinski definition) is 8. The number of carbonyl (C=O) groups excluding carboxylic acids is 2. The predicted octanol–water partition coefficient (Wildman–Crippen LogP) is -0.447. The van der Waals surface area contributed by atoms with Crippen molar-refractivity contribution in [3.8, 4) is 0 Å². The number of nitrogens with two attached hydrogens (primary N) is 1. The molecule has 0 bridgehead atoms. The molecule has 1 aromatic carbocycles. The van der Waals surface area contributed by atoms with Crippen LogP contribution in [-0.4, -0.2) is 32.5 Å². The molecule has 0 saturated carbocycles. The molecule has 0 aromatic heterocycles. The average molecular weight is 282 g/mol. The lowest BCUT2D eigenvalue weighted by Gasteiger charge is -2.12. The van der Waals surface area contributed by atoms with E-state index < -0.39 is 15.2 Å². The molecule has 0 aliphatic rings. The monoisotopic (exact) mass is 282 g/mol. The van der Waals surface area contributed by atoms with Gasteiger partial charge in [-0.3, -0.25) is 5.43 Å². The van der Waals surface area contributed by atoms with Crippen LogP contribution in [0.3, 0.4) is 0 Å². The molecule has 0 heterocycles. The van der Waals surface area contributed by atoms with Gasteiger partial charge < -0.3 is 5.73 Å². The molecule has 8 nitrogen and oxygen atoms in total. The Morgan fingerprint density at radius 3 is 2.37 bits per heavy atom. The highest BCUT2D eigenvalue weighted by atomic mass is 32.2. The Morgan fingerprint density at radius 2 is 1.84 bits per heavy atom. The Bertz CT molecular complexity index is 628. The van der Waals surface area contributed by atoms with Crippen molar-refractivity contribution in [3.63, 3.8) is 0 Å². The van der Waals surface area contributed by atoms with Crippen molar-refractivity contribution in [1.82, 2.24) is 5.43 Å². The molecule has 9 heteroatoms. The van der Waals surface area contributed by atoms with Gasteiger partial charge in [-0.15, -0.1) is 0 Å². The molecule has 0 radical (unpaired) electrons. The number of nitrogens with one attached hydrogen (secondary N) is 1. The minimum Gasteiger partial charge on any atom is -0.313 e. The SMILES string of the molecule is NC(CNN=C=O)S(=O)(=O)c1ccc(N=C=O)cc1. The van der Waals surface area contributed by atoms with Crippen LogP contribution < -0.4 is 11.2 Å². The zero-order valence-electron chi connectivity index (χ0n) is 9.61. The second-order valence-electron chi connectivity index (χ2n) is 3.35. The average Bonchev–Trinajstić information content (AvgIpc) is 2.40. The summed E-state index contributed by atoms with van der Waals surface area (Å²) < 4.78 is 24.0. The number of hydrogen-bond donors (Lipinski definition) is 2. The van der Waals surface area contributed by atoms with Gasteiger partial charge in [0.25, 0.3) is 6.08 Å². The Hall–Kier alpha value is -2.31. The highest BCUT2D eigenvalue weighted by molar-refractivity contribution is 7.92. The molecule has 1 aromatic rings. The molecular weight excluding hydrogens is 272 g/mol. The van der Waals surface area contributed by atoms with E-state index in [0.29, 0.717) is 0 Å². The predicted molar refractivity (Wildman–Crippen MR) is 65.5 cm³/mol. The molecule has 1 atom stereocenters. The molecule has 0 fully saturated rings. The fourth-order valence-corrected chi connectivity index (χ4v) is 2.37. The zero-order chi connectivity index (χ0) is 14.3. The van der Waals surface area contributed by atoms with Gasteiger partial charge in [0.05, 0.1) is 17.1 Å². The van der Waals surface area contributed by atoms with Crippen molar-refractivity contribution in [2.24, 2.45) is 15.8 Å². The number of sulfone groups is 1. The molecule has 0 amide bonds. The quantitative estimate of drug-likeness (QED) is 0.413. The summed E-state index contributed by atoms with van der Waals surface area (Å²) in [5.41, 5.74) is 7.95. The zero-order valence-corrected chi connectivity index (χ0v) is 10.4. The molecule has 0 saturated heterocycles. The van der Waals surface area contributed by atoms with Crippen molar-refractivity contribution in [2.75, 3.05) is 6.54 Å². The fraction of sp³-hybridized carbons (Fsp3) is 0.200. The standard InChI is InChI=1S/C10H10N4O4S/c11-10(5-13-14-7-16)19(17,18)9-3-1-8(2-4-9)12-6-15/h1-4,10,13H,5,11H2. The van der Waals surface area contributed by atoms with Gasteiger partial charge in [0.2, 0.25) is 6.08 Å². The van der Waals surface area contributed by atoms with Crippen molar-refractivity contribution in [3.05, 3.63) is 24.3 Å². The van der Waals surface area contributed by atoms with Gasteiger partial charge in [0, 0.05) is 0 Å². The maximum absolute atomic E-state index is 12.0. The Morgan fingerprint density at radius 1 is 1.21 bits per heavy atom. The van der Waals surface area contributed by atoms with Crippen molar-refractivity contribution < 1.29 is 18.0 Å². The lowest BCUT2D eigenvalue weighted by atomic mass is 10.3. The van der Waals surface area contributed by atoms with Gasteiger partial charge in [0.1, 0.15) is 5.37 Å². The van der Waals surface area contributed by atoms with Crippen LogP contribution in [0.1, 0.15) is 0 Å². The van der Waals surface area contributed by atoms with Gasteiger partial charge in [-0.25, -0.2) is 18.0 Å². The van der Waals surface area contributed by atoms with Crippen LogP contribution >= 0.6 is 0 Å². The van der Waals surface area contributed by atoms with Crippen LogP contribution in [-0.2, 0) is 19.4 Å². The maximum atomic E-state index is 12.0. The normalized spacial score (nSPS) is 11.8. The van der Waals surface area contributed by atoms with E-state index in [1.54, 1.807) is 0 Å². The highest BCUT2D eigenvalue weighted by Crippen LogP contribution is 2.18. The van der Waals surface area contributed by atoms with E-state index in [9.17, 15) is 18.0 Å². The molecule has 19 heavy (non-hydrogen) atoms. The first-order chi connectivity index (χ1) is 9.02. The van der Waals surface area contributed by atoms with Gasteiger partial charge in [0.15, 0.2) is 9.84 Å². The molecule has 0 aliphatic carbocycles. The van der Waals surface area contributed by atoms with Crippen molar-refractivity contribution >= 4 is 27.7 Å². The molecular formula is C10H10N4O4S. The van der Waals surface area contributed by atoms with E-state index >= 15 is 0 Å². The lowest BCUT2D eigenvalue weighted by Crippen LogP contribution is -2.38. The van der Waals surface area contributed by atoms with E-state index in [4.69, 9.17) is 5.73 Å². The summed E-state index contributed by atoms with van der Waals surface area (Å²) in [4.78, 5) is 23.2. The first-order valence-electron chi connectivity index (χ1n) is 4.99. The number of isocyanates is 2.